The molecule has 0 aliphatic rings. The maximum absolute atomic E-state index is 11.1. The van der Waals surface area contributed by atoms with Gasteiger partial charge in [-0.3, -0.25) is 4.79 Å². The molecule has 122 valence electrons. The number of para-hydroxylation sites is 1. The normalized spacial score (nSPS) is 10.4. The quantitative estimate of drug-likeness (QED) is 0.682. The molecule has 2 N–H and O–H groups in total. The van der Waals surface area contributed by atoms with E-state index in [1.165, 1.54) is 6.92 Å². The van der Waals surface area contributed by atoms with Crippen molar-refractivity contribution in [2.45, 2.75) is 6.92 Å². The number of carbonyl (C=O) groups is 1. The van der Waals surface area contributed by atoms with Crippen LogP contribution in [-0.4, -0.2) is 29.0 Å². The molecule has 0 spiro atoms. The molecule has 0 radical (unpaired) electrons. The van der Waals surface area contributed by atoms with Gasteiger partial charge in [-0.05, 0) is 24.3 Å². The van der Waals surface area contributed by atoms with Crippen molar-refractivity contribution in [3.8, 4) is 5.75 Å². The number of hydrogen-bond donors (Lipinski definition) is 2. The van der Waals surface area contributed by atoms with Crippen LogP contribution in [0.3, 0.4) is 0 Å². The molecule has 0 bridgehead atoms. The zero-order chi connectivity index (χ0) is 16.8. The number of nitrogens with zero attached hydrogens (tertiary/aromatic N) is 2. The van der Waals surface area contributed by atoms with Crippen molar-refractivity contribution < 1.29 is 9.53 Å². The van der Waals surface area contributed by atoms with Crippen LogP contribution in [0.25, 0.3) is 10.9 Å². The van der Waals surface area contributed by atoms with Crippen molar-refractivity contribution in [3.63, 3.8) is 0 Å². The smallest absolute Gasteiger partial charge is 0.221 e. The standard InChI is InChI=1S/C18H18N4O2/c1-13(23)22-14-5-4-6-15(11-14)24-10-9-19-18-16-7-2-3-8-17(16)20-12-21-18/h2-8,11-12H,9-10H2,1H3,(H,22,23)(H,19,20,21). The molecule has 2 aromatic carbocycles. The molecule has 0 atom stereocenters. The van der Waals surface area contributed by atoms with E-state index in [2.05, 4.69) is 20.6 Å². The monoisotopic (exact) mass is 322 g/mol. The molecule has 24 heavy (non-hydrogen) atoms. The average molecular weight is 322 g/mol. The molecule has 6 nitrogen and oxygen atoms in total. The Morgan fingerprint density at radius 1 is 1.12 bits per heavy atom. The number of amides is 1. The Kier molecular flexibility index (Phi) is 4.86. The fourth-order valence-electron chi connectivity index (χ4n) is 2.35. The predicted molar refractivity (Wildman–Crippen MR) is 94.3 cm³/mol. The van der Waals surface area contributed by atoms with Gasteiger partial charge in [0.05, 0.1) is 12.1 Å². The van der Waals surface area contributed by atoms with Gasteiger partial charge in [-0.15, -0.1) is 0 Å². The summed E-state index contributed by atoms with van der Waals surface area (Å²) in [5, 5.41) is 6.97. The number of rotatable bonds is 6. The molecule has 3 aromatic rings. The largest absolute Gasteiger partial charge is 0.492 e. The molecule has 0 aliphatic carbocycles. The van der Waals surface area contributed by atoms with Crippen LogP contribution in [0.2, 0.25) is 0 Å². The van der Waals surface area contributed by atoms with Gasteiger partial charge in [-0.25, -0.2) is 9.97 Å². The summed E-state index contributed by atoms with van der Waals surface area (Å²) in [6, 6.07) is 15.1. The van der Waals surface area contributed by atoms with E-state index in [4.69, 9.17) is 4.74 Å². The Morgan fingerprint density at radius 3 is 2.88 bits per heavy atom. The first-order valence-corrected chi connectivity index (χ1v) is 7.66. The first-order valence-electron chi connectivity index (χ1n) is 7.66. The number of nitrogens with one attached hydrogen (secondary N) is 2. The predicted octanol–water partition coefficient (Wildman–Crippen LogP) is 3.08. The lowest BCUT2D eigenvalue weighted by Gasteiger charge is -2.10. The van der Waals surface area contributed by atoms with Crippen LogP contribution >= 0.6 is 0 Å². The summed E-state index contributed by atoms with van der Waals surface area (Å²) in [6.07, 6.45) is 1.54. The SMILES string of the molecule is CC(=O)Nc1cccc(OCCNc2ncnc3ccccc23)c1. The fraction of sp³-hybridized carbons (Fsp3) is 0.167. The Balaban J connectivity index is 1.56. The molecule has 0 saturated carbocycles. The number of fused-ring (bicyclic) bond motifs is 1. The number of ether oxygens (including phenoxy) is 1. The Morgan fingerprint density at radius 2 is 2.00 bits per heavy atom. The highest BCUT2D eigenvalue weighted by molar-refractivity contribution is 5.89. The highest BCUT2D eigenvalue weighted by Crippen LogP contribution is 2.19. The zero-order valence-electron chi connectivity index (χ0n) is 13.3. The van der Waals surface area contributed by atoms with Gasteiger partial charge in [-0.2, -0.15) is 0 Å². The topological polar surface area (TPSA) is 76.1 Å². The minimum atomic E-state index is -0.107. The van der Waals surface area contributed by atoms with Crippen LogP contribution in [0.1, 0.15) is 6.92 Å². The van der Waals surface area contributed by atoms with Gasteiger partial charge >= 0.3 is 0 Å². The highest BCUT2D eigenvalue weighted by Gasteiger charge is 2.02. The third-order valence-electron chi connectivity index (χ3n) is 3.36. The van der Waals surface area contributed by atoms with Gasteiger partial charge in [0.25, 0.3) is 0 Å². The number of aromatic nitrogens is 2. The lowest BCUT2D eigenvalue weighted by molar-refractivity contribution is -0.114. The summed E-state index contributed by atoms with van der Waals surface area (Å²) in [5.41, 5.74) is 1.62. The van der Waals surface area contributed by atoms with E-state index in [-0.39, 0.29) is 5.91 Å². The van der Waals surface area contributed by atoms with Crippen molar-refractivity contribution in [3.05, 3.63) is 54.9 Å². The maximum atomic E-state index is 11.1. The molecule has 1 amide bonds. The molecule has 6 heteroatoms. The Bertz CT molecular complexity index is 846. The number of benzene rings is 2. The van der Waals surface area contributed by atoms with Crippen LogP contribution in [0, 0.1) is 0 Å². The summed E-state index contributed by atoms with van der Waals surface area (Å²) in [6.45, 7) is 2.55. The van der Waals surface area contributed by atoms with Crippen LogP contribution in [0.15, 0.2) is 54.9 Å². The van der Waals surface area contributed by atoms with E-state index >= 15 is 0 Å². The maximum Gasteiger partial charge on any atom is 0.221 e. The van der Waals surface area contributed by atoms with Crippen molar-refractivity contribution in [2.24, 2.45) is 0 Å². The lowest BCUT2D eigenvalue weighted by atomic mass is 10.2. The second-order valence-corrected chi connectivity index (χ2v) is 5.22. The van der Waals surface area contributed by atoms with Crippen molar-refractivity contribution in [1.29, 1.82) is 0 Å². The highest BCUT2D eigenvalue weighted by atomic mass is 16.5. The van der Waals surface area contributed by atoms with Crippen LogP contribution < -0.4 is 15.4 Å². The van der Waals surface area contributed by atoms with Crippen molar-refractivity contribution in [1.82, 2.24) is 9.97 Å². The minimum Gasteiger partial charge on any atom is -0.492 e. The van der Waals surface area contributed by atoms with Crippen LogP contribution in [0.4, 0.5) is 11.5 Å². The van der Waals surface area contributed by atoms with Gasteiger partial charge in [0.15, 0.2) is 0 Å². The summed E-state index contributed by atoms with van der Waals surface area (Å²) in [4.78, 5) is 19.6. The second kappa shape index (κ2) is 7.41. The van der Waals surface area contributed by atoms with E-state index < -0.39 is 0 Å². The Labute approximate surface area is 139 Å². The van der Waals surface area contributed by atoms with Gasteiger partial charge in [0.2, 0.25) is 5.91 Å². The van der Waals surface area contributed by atoms with Gasteiger partial charge in [-0.1, -0.05) is 18.2 Å². The van der Waals surface area contributed by atoms with E-state index in [0.717, 1.165) is 22.4 Å². The molecule has 0 saturated heterocycles. The molecule has 3 rings (SSSR count). The third-order valence-corrected chi connectivity index (χ3v) is 3.36. The number of hydrogen-bond acceptors (Lipinski definition) is 5. The van der Waals surface area contributed by atoms with Gasteiger partial charge < -0.3 is 15.4 Å². The molecule has 0 unspecified atom stereocenters. The molecule has 1 aromatic heterocycles. The minimum absolute atomic E-state index is 0.107. The number of anilines is 2. The molecular weight excluding hydrogens is 304 g/mol. The van der Waals surface area contributed by atoms with Gasteiger partial charge in [0, 0.05) is 24.1 Å². The van der Waals surface area contributed by atoms with Crippen molar-refractivity contribution in [2.75, 3.05) is 23.8 Å². The summed E-state index contributed by atoms with van der Waals surface area (Å²) in [5.74, 6) is 1.39. The molecule has 1 heterocycles. The zero-order valence-corrected chi connectivity index (χ0v) is 13.3. The average Bonchev–Trinajstić information content (AvgIpc) is 2.58. The van der Waals surface area contributed by atoms with Crippen LogP contribution in [0.5, 0.6) is 5.75 Å². The first kappa shape index (κ1) is 15.7. The molecular formula is C18H18N4O2. The van der Waals surface area contributed by atoms with Crippen molar-refractivity contribution >= 4 is 28.3 Å². The lowest BCUT2D eigenvalue weighted by Crippen LogP contribution is -2.13. The summed E-state index contributed by atoms with van der Waals surface area (Å²) >= 11 is 0. The second-order valence-electron chi connectivity index (χ2n) is 5.22. The van der Waals surface area contributed by atoms with E-state index in [0.29, 0.717) is 18.9 Å². The van der Waals surface area contributed by atoms with E-state index in [1.807, 2.05) is 42.5 Å². The third kappa shape index (κ3) is 3.98. The summed E-state index contributed by atoms with van der Waals surface area (Å²) < 4.78 is 5.70. The molecule has 0 fully saturated rings. The molecule has 0 aliphatic heterocycles. The fourth-order valence-corrected chi connectivity index (χ4v) is 2.35. The Hall–Kier alpha value is -3.15. The summed E-state index contributed by atoms with van der Waals surface area (Å²) in [7, 11) is 0. The van der Waals surface area contributed by atoms with E-state index in [1.54, 1.807) is 12.4 Å². The van der Waals surface area contributed by atoms with E-state index in [9.17, 15) is 4.79 Å². The first-order chi connectivity index (χ1) is 11.7. The van der Waals surface area contributed by atoms with Gasteiger partial charge in [0.1, 0.15) is 24.5 Å². The number of carbonyl (C=O) groups excluding carboxylic acids is 1. The van der Waals surface area contributed by atoms with Crippen LogP contribution in [-0.2, 0) is 4.79 Å².